The van der Waals surface area contributed by atoms with Gasteiger partial charge in [0.1, 0.15) is 16.2 Å². The van der Waals surface area contributed by atoms with Gasteiger partial charge in [-0.15, -0.1) is 23.1 Å². The Hall–Kier alpha value is -2.03. The molecule has 8 heteroatoms. The van der Waals surface area contributed by atoms with E-state index in [1.54, 1.807) is 29.8 Å². The molecule has 1 aliphatic heterocycles. The highest BCUT2D eigenvalue weighted by Gasteiger charge is 2.21. The van der Waals surface area contributed by atoms with Crippen LogP contribution in [0, 0.1) is 10.1 Å². The number of benzene rings is 1. The third-order valence-corrected chi connectivity index (χ3v) is 6.87. The number of hydrogen-bond donors (Lipinski definition) is 0. The second-order valence-electron chi connectivity index (χ2n) is 6.44. The first-order chi connectivity index (χ1) is 12.6. The Morgan fingerprint density at radius 2 is 2.12 bits per heavy atom. The summed E-state index contributed by atoms with van der Waals surface area (Å²) in [7, 11) is 2.16. The Morgan fingerprint density at radius 1 is 1.31 bits per heavy atom. The number of hydrogen-bond acceptors (Lipinski definition) is 7. The fourth-order valence-electron chi connectivity index (χ4n) is 3.20. The number of thiophene rings is 1. The van der Waals surface area contributed by atoms with E-state index in [0.29, 0.717) is 5.25 Å². The Labute approximate surface area is 159 Å². The lowest BCUT2D eigenvalue weighted by Crippen LogP contribution is -2.31. The molecular weight excluding hydrogens is 368 g/mol. The van der Waals surface area contributed by atoms with Crippen LogP contribution in [0.5, 0.6) is 0 Å². The standard InChI is InChI=1S/C18H18N4O2S2/c1-21-7-5-14(6-8-21)26-18-16-15(10-25-17(16)19-11-20-18)12-3-2-4-13(9-12)22(23)24/h2-4,9-11,14H,5-8H2,1H3. The van der Waals surface area contributed by atoms with Crippen molar-refractivity contribution in [2.45, 2.75) is 23.1 Å². The average molecular weight is 387 g/mol. The van der Waals surface area contributed by atoms with Crippen molar-refractivity contribution < 1.29 is 4.92 Å². The van der Waals surface area contributed by atoms with Crippen LogP contribution >= 0.6 is 23.1 Å². The number of fused-ring (bicyclic) bond motifs is 1. The predicted molar refractivity (Wildman–Crippen MR) is 106 cm³/mol. The maximum atomic E-state index is 11.1. The molecule has 0 bridgehead atoms. The fourth-order valence-corrected chi connectivity index (χ4v) is 5.37. The minimum Gasteiger partial charge on any atom is -0.306 e. The molecule has 0 N–H and O–H groups in total. The van der Waals surface area contributed by atoms with Crippen LogP contribution < -0.4 is 0 Å². The van der Waals surface area contributed by atoms with Gasteiger partial charge in [-0.25, -0.2) is 9.97 Å². The second-order valence-corrected chi connectivity index (χ2v) is 8.58. The minimum absolute atomic E-state index is 0.100. The monoisotopic (exact) mass is 386 g/mol. The van der Waals surface area contributed by atoms with Gasteiger partial charge in [0, 0.05) is 28.3 Å². The van der Waals surface area contributed by atoms with E-state index in [2.05, 4.69) is 21.9 Å². The van der Waals surface area contributed by atoms with Crippen LogP contribution in [-0.4, -0.2) is 45.2 Å². The van der Waals surface area contributed by atoms with Gasteiger partial charge in [0.05, 0.1) is 10.3 Å². The van der Waals surface area contributed by atoms with Crippen molar-refractivity contribution in [1.82, 2.24) is 14.9 Å². The quantitative estimate of drug-likeness (QED) is 0.375. The van der Waals surface area contributed by atoms with E-state index in [1.165, 1.54) is 6.07 Å². The van der Waals surface area contributed by atoms with Gasteiger partial charge in [0.15, 0.2) is 0 Å². The first-order valence-electron chi connectivity index (χ1n) is 8.44. The zero-order valence-corrected chi connectivity index (χ0v) is 15.9. The van der Waals surface area contributed by atoms with E-state index in [-0.39, 0.29) is 10.6 Å². The lowest BCUT2D eigenvalue weighted by Gasteiger charge is -2.28. The molecule has 1 aliphatic rings. The number of likely N-dealkylation sites (tertiary alicyclic amines) is 1. The number of piperidine rings is 1. The lowest BCUT2D eigenvalue weighted by atomic mass is 10.1. The third-order valence-electron chi connectivity index (χ3n) is 4.65. The van der Waals surface area contributed by atoms with E-state index in [1.807, 2.05) is 23.2 Å². The van der Waals surface area contributed by atoms with Gasteiger partial charge in [-0.2, -0.15) is 0 Å². The molecule has 1 aromatic carbocycles. The lowest BCUT2D eigenvalue weighted by molar-refractivity contribution is -0.384. The summed E-state index contributed by atoms with van der Waals surface area (Å²) in [5.41, 5.74) is 1.92. The molecule has 2 aromatic heterocycles. The molecule has 0 aliphatic carbocycles. The molecule has 0 spiro atoms. The molecule has 0 saturated carbocycles. The van der Waals surface area contributed by atoms with Crippen LogP contribution in [-0.2, 0) is 0 Å². The van der Waals surface area contributed by atoms with E-state index in [4.69, 9.17) is 0 Å². The second kappa shape index (κ2) is 7.30. The van der Waals surface area contributed by atoms with Gasteiger partial charge in [0.25, 0.3) is 5.69 Å². The van der Waals surface area contributed by atoms with Gasteiger partial charge < -0.3 is 4.90 Å². The van der Waals surface area contributed by atoms with Crippen molar-refractivity contribution in [3.63, 3.8) is 0 Å². The van der Waals surface area contributed by atoms with Crippen molar-refractivity contribution in [1.29, 1.82) is 0 Å². The van der Waals surface area contributed by atoms with E-state index in [9.17, 15) is 10.1 Å². The number of nitro groups is 1. The van der Waals surface area contributed by atoms with Crippen LogP contribution in [0.25, 0.3) is 21.3 Å². The van der Waals surface area contributed by atoms with Gasteiger partial charge in [-0.05, 0) is 38.5 Å². The van der Waals surface area contributed by atoms with Crippen LogP contribution in [0.15, 0.2) is 41.0 Å². The maximum absolute atomic E-state index is 11.1. The van der Waals surface area contributed by atoms with Crippen molar-refractivity contribution in [2.75, 3.05) is 20.1 Å². The predicted octanol–water partition coefficient (Wildman–Crippen LogP) is 4.45. The number of thioether (sulfide) groups is 1. The molecule has 0 amide bonds. The Morgan fingerprint density at radius 3 is 2.88 bits per heavy atom. The highest BCUT2D eigenvalue weighted by atomic mass is 32.2. The summed E-state index contributed by atoms with van der Waals surface area (Å²) in [6.07, 6.45) is 3.90. The number of aromatic nitrogens is 2. The molecule has 0 atom stereocenters. The summed E-state index contributed by atoms with van der Waals surface area (Å²) >= 11 is 3.37. The Bertz CT molecular complexity index is 951. The van der Waals surface area contributed by atoms with Gasteiger partial charge in [0.2, 0.25) is 0 Å². The topological polar surface area (TPSA) is 72.2 Å². The zero-order valence-electron chi connectivity index (χ0n) is 14.3. The van der Waals surface area contributed by atoms with Crippen molar-refractivity contribution in [3.05, 3.63) is 46.1 Å². The molecule has 0 radical (unpaired) electrons. The average Bonchev–Trinajstić information content (AvgIpc) is 3.09. The fraction of sp³-hybridized carbons (Fsp3) is 0.333. The highest BCUT2D eigenvalue weighted by Crippen LogP contribution is 2.41. The maximum Gasteiger partial charge on any atom is 0.270 e. The van der Waals surface area contributed by atoms with Gasteiger partial charge in [-0.3, -0.25) is 10.1 Å². The summed E-state index contributed by atoms with van der Waals surface area (Å²) in [6.45, 7) is 2.21. The molecule has 0 unspecified atom stereocenters. The smallest absolute Gasteiger partial charge is 0.270 e. The summed E-state index contributed by atoms with van der Waals surface area (Å²) in [5, 5.41) is 15.7. The van der Waals surface area contributed by atoms with Gasteiger partial charge >= 0.3 is 0 Å². The SMILES string of the molecule is CN1CCC(Sc2ncnc3scc(-c4cccc([N+](=O)[O-])c4)c23)CC1. The molecule has 3 aromatic rings. The number of nitrogens with zero attached hydrogens (tertiary/aromatic N) is 4. The van der Waals surface area contributed by atoms with Crippen LogP contribution in [0.3, 0.4) is 0 Å². The van der Waals surface area contributed by atoms with E-state index >= 15 is 0 Å². The largest absolute Gasteiger partial charge is 0.306 e. The van der Waals surface area contributed by atoms with E-state index < -0.39 is 0 Å². The van der Waals surface area contributed by atoms with Crippen LogP contribution in [0.1, 0.15) is 12.8 Å². The molecule has 26 heavy (non-hydrogen) atoms. The normalized spacial score (nSPS) is 16.2. The van der Waals surface area contributed by atoms with Crippen molar-refractivity contribution in [2.24, 2.45) is 0 Å². The third kappa shape index (κ3) is 3.44. The summed E-state index contributed by atoms with van der Waals surface area (Å²) in [4.78, 5) is 23.0. The molecule has 3 heterocycles. The molecule has 4 rings (SSSR count). The molecule has 1 fully saturated rings. The summed E-state index contributed by atoms with van der Waals surface area (Å²) in [6, 6.07) is 6.78. The van der Waals surface area contributed by atoms with Gasteiger partial charge in [-0.1, -0.05) is 12.1 Å². The summed E-state index contributed by atoms with van der Waals surface area (Å²) < 4.78 is 0. The van der Waals surface area contributed by atoms with Crippen molar-refractivity contribution in [3.8, 4) is 11.1 Å². The number of nitro benzene ring substituents is 1. The zero-order chi connectivity index (χ0) is 18.1. The van der Waals surface area contributed by atoms with Crippen LogP contribution in [0.4, 0.5) is 5.69 Å². The minimum atomic E-state index is -0.358. The Kier molecular flexibility index (Phi) is 4.88. The van der Waals surface area contributed by atoms with Crippen molar-refractivity contribution >= 4 is 39.0 Å². The van der Waals surface area contributed by atoms with E-state index in [0.717, 1.165) is 52.3 Å². The first-order valence-corrected chi connectivity index (χ1v) is 10.2. The first kappa shape index (κ1) is 17.4. The molecule has 6 nitrogen and oxygen atoms in total. The molecule has 134 valence electrons. The molecular formula is C18H18N4O2S2. The highest BCUT2D eigenvalue weighted by molar-refractivity contribution is 8.00. The number of non-ortho nitro benzene ring substituents is 1. The Balaban J connectivity index is 1.73. The summed E-state index contributed by atoms with van der Waals surface area (Å²) in [5.74, 6) is 0. The number of rotatable bonds is 4. The molecule has 1 saturated heterocycles. The van der Waals surface area contributed by atoms with Crippen LogP contribution in [0.2, 0.25) is 0 Å².